The number of rotatable bonds is 41. The number of carbonyl (C=O) groups excluding carboxylic acids is 1. The number of ether oxygens (including phenoxy) is 6. The van der Waals surface area contributed by atoms with Crippen LogP contribution in [0.25, 0.3) is 0 Å². The Morgan fingerprint density at radius 2 is 1.00 bits per heavy atom. The van der Waals surface area contributed by atoms with E-state index in [1.807, 2.05) is 0 Å². The van der Waals surface area contributed by atoms with E-state index >= 15 is 0 Å². The van der Waals surface area contributed by atoms with Crippen LogP contribution in [0, 0.1) is 11.8 Å². The van der Waals surface area contributed by atoms with Gasteiger partial charge in [0.2, 0.25) is 0 Å². The van der Waals surface area contributed by atoms with E-state index in [4.69, 9.17) is 28.4 Å². The van der Waals surface area contributed by atoms with Crippen molar-refractivity contribution in [3.63, 3.8) is 0 Å². The van der Waals surface area contributed by atoms with Crippen molar-refractivity contribution in [3.8, 4) is 0 Å². The van der Waals surface area contributed by atoms with Crippen LogP contribution in [0.1, 0.15) is 170 Å². The largest absolute Gasteiger partial charge is 0.465 e. The summed E-state index contributed by atoms with van der Waals surface area (Å²) in [5.74, 6) is 1.29. The van der Waals surface area contributed by atoms with Crippen molar-refractivity contribution in [3.05, 3.63) is 0 Å². The van der Waals surface area contributed by atoms with Gasteiger partial charge in [-0.2, -0.15) is 0 Å². The summed E-state index contributed by atoms with van der Waals surface area (Å²) in [6.45, 7) is 19.3. The van der Waals surface area contributed by atoms with Crippen LogP contribution in [0.4, 0.5) is 0 Å². The van der Waals surface area contributed by atoms with E-state index in [0.717, 1.165) is 90.1 Å². The monoisotopic (exact) mass is 748 g/mol. The van der Waals surface area contributed by atoms with Gasteiger partial charge in [-0.3, -0.25) is 4.79 Å². The first kappa shape index (κ1) is 51.1. The molecule has 1 unspecified atom stereocenters. The predicted molar refractivity (Wildman–Crippen MR) is 211 cm³/mol. The lowest BCUT2D eigenvalue weighted by Gasteiger charge is -2.21. The molecule has 0 heterocycles. The summed E-state index contributed by atoms with van der Waals surface area (Å²) < 4.78 is 34.6. The van der Waals surface area contributed by atoms with Crippen LogP contribution in [0.2, 0.25) is 0 Å². The molecule has 10 heteroatoms. The fourth-order valence-corrected chi connectivity index (χ4v) is 5.83. The van der Waals surface area contributed by atoms with Gasteiger partial charge in [0, 0.05) is 52.2 Å². The second-order valence-electron chi connectivity index (χ2n) is 15.2. The maximum absolute atomic E-state index is 12.1. The standard InChI is InChI=1S/C42H85NO9/c1-7-31-49-41(50-32-8-2)25-35-47-39(45)23-13-10-9-11-17-27-43(29-30-44)28-18-12-14-24-40(46)48-36-26-42(51-33-19-15-21-37(3)4)52-34-20-16-22-38(5)6/h37-38,40-42,44,46H,7-36H2,1-6H3. The molecule has 2 N–H and O–H groups in total. The minimum Gasteiger partial charge on any atom is -0.465 e. The lowest BCUT2D eigenvalue weighted by Crippen LogP contribution is -2.29. The number of esters is 1. The number of aliphatic hydroxyl groups is 2. The molecule has 0 radical (unpaired) electrons. The van der Waals surface area contributed by atoms with Crippen molar-refractivity contribution in [1.82, 2.24) is 4.90 Å². The quantitative estimate of drug-likeness (QED) is 0.0357. The average molecular weight is 748 g/mol. The molecule has 1 atom stereocenters. The molecule has 312 valence electrons. The zero-order valence-electron chi connectivity index (χ0n) is 34.8. The topological polar surface area (TPSA) is 116 Å². The molecule has 0 saturated heterocycles. The molecular weight excluding hydrogens is 662 g/mol. The average Bonchev–Trinajstić information content (AvgIpc) is 3.10. The molecule has 52 heavy (non-hydrogen) atoms. The second kappa shape index (κ2) is 38.4. The Kier molecular flexibility index (Phi) is 37.8. The lowest BCUT2D eigenvalue weighted by molar-refractivity contribution is -0.170. The van der Waals surface area contributed by atoms with Crippen LogP contribution in [0.15, 0.2) is 0 Å². The van der Waals surface area contributed by atoms with Crippen LogP contribution < -0.4 is 0 Å². The lowest BCUT2D eigenvalue weighted by atomic mass is 10.1. The van der Waals surface area contributed by atoms with E-state index in [0.29, 0.717) is 83.7 Å². The van der Waals surface area contributed by atoms with Crippen molar-refractivity contribution in [1.29, 1.82) is 0 Å². The summed E-state index contributed by atoms with van der Waals surface area (Å²) in [4.78, 5) is 14.5. The first-order valence-electron chi connectivity index (χ1n) is 21.5. The fraction of sp³-hybridized carbons (Fsp3) is 0.976. The summed E-state index contributed by atoms with van der Waals surface area (Å²) in [6, 6.07) is 0. The minimum atomic E-state index is -0.768. The second-order valence-corrected chi connectivity index (χ2v) is 15.2. The van der Waals surface area contributed by atoms with Gasteiger partial charge in [-0.25, -0.2) is 0 Å². The molecule has 0 aliphatic rings. The van der Waals surface area contributed by atoms with Crippen molar-refractivity contribution in [2.24, 2.45) is 11.8 Å². The van der Waals surface area contributed by atoms with Crippen molar-refractivity contribution in [2.45, 2.75) is 189 Å². The van der Waals surface area contributed by atoms with E-state index in [-0.39, 0.29) is 25.2 Å². The van der Waals surface area contributed by atoms with E-state index < -0.39 is 6.29 Å². The first-order chi connectivity index (χ1) is 25.2. The molecule has 0 rings (SSSR count). The third-order valence-electron chi connectivity index (χ3n) is 8.95. The molecule has 0 aromatic carbocycles. The van der Waals surface area contributed by atoms with Gasteiger partial charge in [0.05, 0.1) is 19.8 Å². The van der Waals surface area contributed by atoms with Crippen LogP contribution in [0.5, 0.6) is 0 Å². The number of carbonyl (C=O) groups is 1. The number of hydrogen-bond donors (Lipinski definition) is 2. The van der Waals surface area contributed by atoms with Gasteiger partial charge in [-0.15, -0.1) is 0 Å². The molecule has 0 fully saturated rings. The molecule has 0 saturated carbocycles. The molecule has 0 aliphatic carbocycles. The van der Waals surface area contributed by atoms with Crippen molar-refractivity contribution >= 4 is 5.97 Å². The Bertz CT molecular complexity index is 716. The van der Waals surface area contributed by atoms with Crippen LogP contribution in [0.3, 0.4) is 0 Å². The number of unbranched alkanes of at least 4 members (excludes halogenated alkanes) is 8. The highest BCUT2D eigenvalue weighted by molar-refractivity contribution is 5.69. The normalized spacial score (nSPS) is 12.7. The number of nitrogens with zero attached hydrogens (tertiary/aromatic N) is 1. The molecule has 10 nitrogen and oxygen atoms in total. The first-order valence-corrected chi connectivity index (χ1v) is 21.5. The summed E-state index contributed by atoms with van der Waals surface area (Å²) in [5, 5.41) is 20.0. The highest BCUT2D eigenvalue weighted by Crippen LogP contribution is 2.13. The Balaban J connectivity index is 4.06. The summed E-state index contributed by atoms with van der Waals surface area (Å²) in [7, 11) is 0. The van der Waals surface area contributed by atoms with Gasteiger partial charge in [0.1, 0.15) is 0 Å². The van der Waals surface area contributed by atoms with Gasteiger partial charge in [0.15, 0.2) is 18.9 Å². The Hall–Kier alpha value is -0.850. The molecule has 0 aliphatic heterocycles. The predicted octanol–water partition coefficient (Wildman–Crippen LogP) is 9.03. The highest BCUT2D eigenvalue weighted by Gasteiger charge is 2.13. The van der Waals surface area contributed by atoms with Gasteiger partial charge < -0.3 is 43.5 Å². The van der Waals surface area contributed by atoms with E-state index in [9.17, 15) is 15.0 Å². The molecular formula is C42H85NO9. The molecule has 0 aromatic heterocycles. The maximum Gasteiger partial charge on any atom is 0.305 e. The highest BCUT2D eigenvalue weighted by atomic mass is 16.7. The van der Waals surface area contributed by atoms with Crippen LogP contribution >= 0.6 is 0 Å². The minimum absolute atomic E-state index is 0.146. The van der Waals surface area contributed by atoms with Gasteiger partial charge in [-0.05, 0) is 82.7 Å². The summed E-state index contributed by atoms with van der Waals surface area (Å²) >= 11 is 0. The smallest absolute Gasteiger partial charge is 0.305 e. The maximum atomic E-state index is 12.1. The van der Waals surface area contributed by atoms with Crippen LogP contribution in [-0.4, -0.2) is 106 Å². The third-order valence-corrected chi connectivity index (χ3v) is 8.95. The van der Waals surface area contributed by atoms with Gasteiger partial charge in [0.25, 0.3) is 0 Å². The SMILES string of the molecule is CCCOC(CCOC(=O)CCCCCCCN(CCO)CCCCCC(O)OCCC(OCCCCC(C)C)OCCCCC(C)C)OCCC. The van der Waals surface area contributed by atoms with E-state index in [2.05, 4.69) is 46.4 Å². The molecule has 0 amide bonds. The van der Waals surface area contributed by atoms with Crippen molar-refractivity contribution < 1.29 is 43.4 Å². The molecule has 0 bridgehead atoms. The molecule has 0 spiro atoms. The number of aliphatic hydroxyl groups excluding tert-OH is 2. The van der Waals surface area contributed by atoms with E-state index in [1.54, 1.807) is 0 Å². The number of hydrogen-bond acceptors (Lipinski definition) is 10. The third kappa shape index (κ3) is 36.1. The summed E-state index contributed by atoms with van der Waals surface area (Å²) in [6.07, 6.45) is 17.7. The van der Waals surface area contributed by atoms with Crippen LogP contribution in [-0.2, 0) is 33.2 Å². The Morgan fingerprint density at radius 3 is 1.54 bits per heavy atom. The Labute approximate surface area is 320 Å². The van der Waals surface area contributed by atoms with Crippen molar-refractivity contribution in [2.75, 3.05) is 65.9 Å². The fourth-order valence-electron chi connectivity index (χ4n) is 5.83. The zero-order valence-corrected chi connectivity index (χ0v) is 34.8. The summed E-state index contributed by atoms with van der Waals surface area (Å²) in [5.41, 5.74) is 0. The van der Waals surface area contributed by atoms with Gasteiger partial charge in [-0.1, -0.05) is 92.9 Å². The van der Waals surface area contributed by atoms with E-state index in [1.165, 1.54) is 25.7 Å². The Morgan fingerprint density at radius 1 is 0.519 bits per heavy atom. The molecule has 0 aromatic rings. The zero-order chi connectivity index (χ0) is 38.5. The van der Waals surface area contributed by atoms with Gasteiger partial charge >= 0.3 is 5.97 Å².